The van der Waals surface area contributed by atoms with E-state index in [1.54, 1.807) is 18.2 Å². The Balaban J connectivity index is 2.69. The Kier molecular flexibility index (Phi) is 4.04. The van der Waals surface area contributed by atoms with Crippen LogP contribution >= 0.6 is 0 Å². The molecule has 102 valence electrons. The molecule has 2 aromatic rings. The first-order valence-electron chi connectivity index (χ1n) is 5.85. The number of nitrogens with one attached hydrogen (secondary N) is 1. The third kappa shape index (κ3) is 2.70. The van der Waals surface area contributed by atoms with Crippen LogP contribution in [0.5, 0.6) is 5.75 Å². The normalized spacial score (nSPS) is 11.7. The Morgan fingerprint density at radius 2 is 1.95 bits per heavy atom. The van der Waals surface area contributed by atoms with Gasteiger partial charge in [-0.15, -0.1) is 0 Å². The largest absolute Gasteiger partial charge is 0.495 e. The summed E-state index contributed by atoms with van der Waals surface area (Å²) in [7, 11) is -2.20. The number of fused-ring (bicyclic) bond motifs is 1. The van der Waals surface area contributed by atoms with E-state index in [-0.39, 0.29) is 18.0 Å². The van der Waals surface area contributed by atoms with Crippen LogP contribution in [0.15, 0.2) is 41.3 Å². The van der Waals surface area contributed by atoms with Gasteiger partial charge in [-0.3, -0.25) is 0 Å². The molecule has 0 aliphatic heterocycles. The molecule has 3 N–H and O–H groups in total. The highest BCUT2D eigenvalue weighted by molar-refractivity contribution is 7.89. The maximum absolute atomic E-state index is 12.3. The van der Waals surface area contributed by atoms with E-state index < -0.39 is 10.0 Å². The first-order chi connectivity index (χ1) is 9.10. The molecule has 0 atom stereocenters. The third-order valence-corrected chi connectivity index (χ3v) is 4.31. The average Bonchev–Trinajstić information content (AvgIpc) is 2.43. The highest BCUT2D eigenvalue weighted by Gasteiger charge is 2.21. The maximum Gasteiger partial charge on any atom is 0.244 e. The van der Waals surface area contributed by atoms with Gasteiger partial charge in [0, 0.05) is 18.5 Å². The van der Waals surface area contributed by atoms with Gasteiger partial charge in [0.1, 0.15) is 10.6 Å². The third-order valence-electron chi connectivity index (χ3n) is 2.77. The zero-order valence-electron chi connectivity index (χ0n) is 10.6. The molecule has 0 aliphatic carbocycles. The van der Waals surface area contributed by atoms with Crippen LogP contribution in [0, 0.1) is 0 Å². The van der Waals surface area contributed by atoms with Crippen LogP contribution < -0.4 is 15.2 Å². The summed E-state index contributed by atoms with van der Waals surface area (Å²) < 4.78 is 32.3. The molecule has 0 heterocycles. The lowest BCUT2D eigenvalue weighted by molar-refractivity contribution is 0.403. The van der Waals surface area contributed by atoms with Crippen LogP contribution in [-0.4, -0.2) is 28.6 Å². The summed E-state index contributed by atoms with van der Waals surface area (Å²) in [5.41, 5.74) is 5.34. The molecule has 5 nitrogen and oxygen atoms in total. The van der Waals surface area contributed by atoms with Gasteiger partial charge in [-0.2, -0.15) is 0 Å². The molecule has 0 saturated heterocycles. The van der Waals surface area contributed by atoms with Crippen LogP contribution in [0.25, 0.3) is 10.8 Å². The van der Waals surface area contributed by atoms with Gasteiger partial charge >= 0.3 is 0 Å². The average molecular weight is 280 g/mol. The van der Waals surface area contributed by atoms with E-state index in [1.165, 1.54) is 7.11 Å². The topological polar surface area (TPSA) is 81.4 Å². The molecule has 0 radical (unpaired) electrons. The molecule has 2 rings (SSSR count). The lowest BCUT2D eigenvalue weighted by Gasteiger charge is -2.13. The fraction of sp³-hybridized carbons (Fsp3) is 0.231. The van der Waals surface area contributed by atoms with Crippen molar-refractivity contribution in [2.45, 2.75) is 4.90 Å². The number of hydrogen-bond acceptors (Lipinski definition) is 4. The minimum atomic E-state index is -3.65. The van der Waals surface area contributed by atoms with Crippen LogP contribution in [0.1, 0.15) is 0 Å². The van der Waals surface area contributed by atoms with Crippen molar-refractivity contribution in [3.63, 3.8) is 0 Å². The smallest absolute Gasteiger partial charge is 0.244 e. The van der Waals surface area contributed by atoms with Crippen molar-refractivity contribution in [2.24, 2.45) is 5.73 Å². The second-order valence-corrected chi connectivity index (χ2v) is 5.71. The van der Waals surface area contributed by atoms with Crippen molar-refractivity contribution in [1.82, 2.24) is 4.72 Å². The maximum atomic E-state index is 12.3. The highest BCUT2D eigenvalue weighted by Crippen LogP contribution is 2.31. The molecule has 6 heteroatoms. The first kappa shape index (κ1) is 13.8. The molecule has 0 amide bonds. The summed E-state index contributed by atoms with van der Waals surface area (Å²) in [6.45, 7) is 0.432. The van der Waals surface area contributed by atoms with Crippen LogP contribution in [0.4, 0.5) is 0 Å². The van der Waals surface area contributed by atoms with Gasteiger partial charge in [0.2, 0.25) is 10.0 Å². The van der Waals surface area contributed by atoms with E-state index in [0.717, 1.165) is 5.39 Å². The first-order valence-corrected chi connectivity index (χ1v) is 7.34. The molecule has 0 aliphatic rings. The van der Waals surface area contributed by atoms with E-state index >= 15 is 0 Å². The quantitative estimate of drug-likeness (QED) is 0.859. The highest BCUT2D eigenvalue weighted by atomic mass is 32.2. The number of methoxy groups -OCH3 is 1. The summed E-state index contributed by atoms with van der Waals surface area (Å²) in [5.74, 6) is 0.322. The molecule has 0 saturated carbocycles. The fourth-order valence-corrected chi connectivity index (χ4v) is 3.35. The second kappa shape index (κ2) is 5.56. The van der Waals surface area contributed by atoms with Crippen LogP contribution in [0.2, 0.25) is 0 Å². The summed E-state index contributed by atoms with van der Waals surface area (Å²) in [6, 6.07) is 10.8. The van der Waals surface area contributed by atoms with Gasteiger partial charge in [0.15, 0.2) is 0 Å². The van der Waals surface area contributed by atoms with Crippen molar-refractivity contribution in [3.8, 4) is 5.75 Å². The van der Waals surface area contributed by atoms with Gasteiger partial charge in [-0.25, -0.2) is 13.1 Å². The SMILES string of the molecule is COc1ccc2ccccc2c1S(=O)(=O)NCCN. The number of benzene rings is 2. The van der Waals surface area contributed by atoms with Gasteiger partial charge < -0.3 is 10.5 Å². The minimum absolute atomic E-state index is 0.154. The van der Waals surface area contributed by atoms with Crippen molar-refractivity contribution >= 4 is 20.8 Å². The molecule has 0 bridgehead atoms. The molecule has 0 unspecified atom stereocenters. The molecule has 0 aromatic heterocycles. The summed E-state index contributed by atoms with van der Waals surface area (Å²) >= 11 is 0. The Bertz CT molecular complexity index is 683. The minimum Gasteiger partial charge on any atom is -0.495 e. The lowest BCUT2D eigenvalue weighted by Crippen LogP contribution is -2.29. The van der Waals surface area contributed by atoms with Crippen molar-refractivity contribution in [2.75, 3.05) is 20.2 Å². The van der Waals surface area contributed by atoms with E-state index in [4.69, 9.17) is 10.5 Å². The molecular weight excluding hydrogens is 264 g/mol. The Morgan fingerprint density at radius 3 is 2.63 bits per heavy atom. The van der Waals surface area contributed by atoms with Crippen molar-refractivity contribution in [3.05, 3.63) is 36.4 Å². The molecular formula is C13H16N2O3S. The van der Waals surface area contributed by atoms with Crippen LogP contribution in [-0.2, 0) is 10.0 Å². The lowest BCUT2D eigenvalue weighted by atomic mass is 10.1. The second-order valence-electron chi connectivity index (χ2n) is 4.00. The molecule has 0 spiro atoms. The van der Waals surface area contributed by atoms with Crippen molar-refractivity contribution < 1.29 is 13.2 Å². The number of sulfonamides is 1. The van der Waals surface area contributed by atoms with Gasteiger partial charge in [0.05, 0.1) is 7.11 Å². The fourth-order valence-electron chi connectivity index (χ4n) is 1.93. The number of nitrogens with two attached hydrogens (primary N) is 1. The van der Waals surface area contributed by atoms with E-state index in [0.29, 0.717) is 11.1 Å². The summed E-state index contributed by atoms with van der Waals surface area (Å²) in [4.78, 5) is 0.154. The van der Waals surface area contributed by atoms with Gasteiger partial charge in [-0.1, -0.05) is 30.3 Å². The Morgan fingerprint density at radius 1 is 1.21 bits per heavy atom. The molecule has 0 fully saturated rings. The van der Waals surface area contributed by atoms with E-state index in [2.05, 4.69) is 4.72 Å². The zero-order chi connectivity index (χ0) is 13.9. The van der Waals surface area contributed by atoms with Gasteiger partial charge in [-0.05, 0) is 11.5 Å². The predicted octanol–water partition coefficient (Wildman–Crippen LogP) is 1.09. The zero-order valence-corrected chi connectivity index (χ0v) is 11.4. The molecule has 2 aromatic carbocycles. The molecule has 19 heavy (non-hydrogen) atoms. The summed E-state index contributed by atoms with van der Waals surface area (Å²) in [5, 5.41) is 1.47. The Hall–Kier alpha value is -1.63. The van der Waals surface area contributed by atoms with Crippen LogP contribution in [0.3, 0.4) is 0 Å². The van der Waals surface area contributed by atoms with Crippen molar-refractivity contribution in [1.29, 1.82) is 0 Å². The Labute approximate surface area is 112 Å². The number of rotatable bonds is 5. The van der Waals surface area contributed by atoms with E-state index in [1.807, 2.05) is 18.2 Å². The number of hydrogen-bond donors (Lipinski definition) is 2. The summed E-state index contributed by atoms with van der Waals surface area (Å²) in [6.07, 6.45) is 0. The van der Waals surface area contributed by atoms with Gasteiger partial charge in [0.25, 0.3) is 0 Å². The number of ether oxygens (including phenoxy) is 1. The van der Waals surface area contributed by atoms with E-state index in [9.17, 15) is 8.42 Å². The predicted molar refractivity (Wildman–Crippen MR) is 74.7 cm³/mol. The monoisotopic (exact) mass is 280 g/mol. The standard InChI is InChI=1S/C13H16N2O3S/c1-18-12-7-6-10-4-2-3-5-11(10)13(12)19(16,17)15-9-8-14/h2-7,15H,8-9,14H2,1H3.